The standard InChI is InChI=1S/C21H16ClFN2O3S/c22-16-6-3-7-17(23)15(16)10-18-20(27)25(21(28)29-18)12-19(26)24-9-8-13-4-1-2-5-14(13)11-24/h1-7,10H,8-9,11-12H2/b18-10-. The summed E-state index contributed by atoms with van der Waals surface area (Å²) in [5.41, 5.74) is 2.31. The first-order valence-electron chi connectivity index (χ1n) is 8.98. The van der Waals surface area contributed by atoms with E-state index in [1.165, 1.54) is 29.8 Å². The van der Waals surface area contributed by atoms with E-state index in [1.54, 1.807) is 4.90 Å². The minimum atomic E-state index is -0.620. The van der Waals surface area contributed by atoms with E-state index in [0.717, 1.165) is 16.9 Å². The first-order valence-corrected chi connectivity index (χ1v) is 10.2. The molecule has 8 heteroatoms. The molecule has 148 valence electrons. The molecule has 0 atom stereocenters. The lowest BCUT2D eigenvalue weighted by Gasteiger charge is -2.29. The number of hydrogen-bond donors (Lipinski definition) is 0. The van der Waals surface area contributed by atoms with Gasteiger partial charge in [0, 0.05) is 18.7 Å². The molecule has 5 nitrogen and oxygen atoms in total. The van der Waals surface area contributed by atoms with E-state index in [-0.39, 0.29) is 27.9 Å². The third-order valence-electron chi connectivity index (χ3n) is 4.93. The average Bonchev–Trinajstić information content (AvgIpc) is 2.97. The normalized spacial score (nSPS) is 17.8. The number of carbonyl (C=O) groups excluding carboxylic acids is 3. The van der Waals surface area contributed by atoms with Gasteiger partial charge in [-0.2, -0.15) is 0 Å². The van der Waals surface area contributed by atoms with Crippen molar-refractivity contribution in [3.05, 3.63) is 74.9 Å². The van der Waals surface area contributed by atoms with Crippen LogP contribution in [0.15, 0.2) is 47.4 Å². The van der Waals surface area contributed by atoms with Crippen molar-refractivity contribution in [3.63, 3.8) is 0 Å². The Balaban J connectivity index is 1.49. The smallest absolute Gasteiger partial charge is 0.294 e. The third kappa shape index (κ3) is 3.93. The second-order valence-electron chi connectivity index (χ2n) is 6.74. The Labute approximate surface area is 176 Å². The maximum Gasteiger partial charge on any atom is 0.294 e. The number of amides is 3. The van der Waals surface area contributed by atoms with Gasteiger partial charge in [-0.25, -0.2) is 4.39 Å². The SMILES string of the molecule is O=C(CN1C(=O)S/C(=C\c2c(F)cccc2Cl)C1=O)N1CCc2ccccc2C1. The second kappa shape index (κ2) is 8.00. The Hall–Kier alpha value is -2.64. The number of imide groups is 1. The zero-order valence-electron chi connectivity index (χ0n) is 15.2. The summed E-state index contributed by atoms with van der Waals surface area (Å²) in [6, 6.07) is 12.1. The highest BCUT2D eigenvalue weighted by Gasteiger charge is 2.37. The van der Waals surface area contributed by atoms with Crippen molar-refractivity contribution in [1.29, 1.82) is 0 Å². The number of thioether (sulfide) groups is 1. The van der Waals surface area contributed by atoms with Crippen LogP contribution in [0.4, 0.5) is 9.18 Å². The maximum atomic E-state index is 14.0. The lowest BCUT2D eigenvalue weighted by molar-refractivity contribution is -0.136. The lowest BCUT2D eigenvalue weighted by Crippen LogP contribution is -2.44. The predicted molar refractivity (Wildman–Crippen MR) is 110 cm³/mol. The van der Waals surface area contributed by atoms with E-state index in [1.807, 2.05) is 24.3 Å². The molecule has 0 aliphatic carbocycles. The van der Waals surface area contributed by atoms with Gasteiger partial charge in [0.2, 0.25) is 5.91 Å². The molecule has 4 rings (SSSR count). The van der Waals surface area contributed by atoms with Gasteiger partial charge < -0.3 is 4.90 Å². The number of nitrogens with zero attached hydrogens (tertiary/aromatic N) is 2. The molecule has 2 heterocycles. The van der Waals surface area contributed by atoms with Crippen molar-refractivity contribution in [2.45, 2.75) is 13.0 Å². The molecule has 1 saturated heterocycles. The molecule has 0 saturated carbocycles. The molecule has 3 amide bonds. The minimum Gasteiger partial charge on any atom is -0.336 e. The molecule has 0 spiro atoms. The first-order chi connectivity index (χ1) is 13.9. The monoisotopic (exact) mass is 430 g/mol. The summed E-state index contributed by atoms with van der Waals surface area (Å²) >= 11 is 6.66. The average molecular weight is 431 g/mol. The highest BCUT2D eigenvalue weighted by Crippen LogP contribution is 2.34. The number of carbonyl (C=O) groups is 3. The largest absolute Gasteiger partial charge is 0.336 e. The van der Waals surface area contributed by atoms with Crippen molar-refractivity contribution in [1.82, 2.24) is 9.80 Å². The summed E-state index contributed by atoms with van der Waals surface area (Å²) in [6.45, 7) is 0.647. The van der Waals surface area contributed by atoms with Crippen LogP contribution in [0.5, 0.6) is 0 Å². The first kappa shape index (κ1) is 19.7. The molecular weight excluding hydrogens is 415 g/mol. The summed E-state index contributed by atoms with van der Waals surface area (Å²) in [7, 11) is 0. The van der Waals surface area contributed by atoms with Crippen molar-refractivity contribution in [2.75, 3.05) is 13.1 Å². The van der Waals surface area contributed by atoms with Crippen LogP contribution in [-0.4, -0.2) is 39.9 Å². The van der Waals surface area contributed by atoms with Crippen LogP contribution in [0.3, 0.4) is 0 Å². The molecule has 0 bridgehead atoms. The predicted octanol–water partition coefficient (Wildman–Crippen LogP) is 4.10. The van der Waals surface area contributed by atoms with Crippen LogP contribution in [0.2, 0.25) is 5.02 Å². The summed E-state index contributed by atoms with van der Waals surface area (Å²) < 4.78 is 14.0. The maximum absolute atomic E-state index is 14.0. The highest BCUT2D eigenvalue weighted by atomic mass is 35.5. The van der Waals surface area contributed by atoms with Gasteiger partial charge in [0.25, 0.3) is 11.1 Å². The third-order valence-corrected chi connectivity index (χ3v) is 6.16. The van der Waals surface area contributed by atoms with Gasteiger partial charge in [0.05, 0.1) is 9.93 Å². The zero-order chi connectivity index (χ0) is 20.5. The lowest BCUT2D eigenvalue weighted by atomic mass is 10.00. The van der Waals surface area contributed by atoms with Crippen molar-refractivity contribution in [3.8, 4) is 0 Å². The number of rotatable bonds is 3. The van der Waals surface area contributed by atoms with E-state index < -0.39 is 17.0 Å². The van der Waals surface area contributed by atoms with Gasteiger partial charge in [0.1, 0.15) is 12.4 Å². The van der Waals surface area contributed by atoms with Gasteiger partial charge in [-0.15, -0.1) is 0 Å². The molecule has 2 aromatic carbocycles. The molecule has 0 N–H and O–H groups in total. The fourth-order valence-corrected chi connectivity index (χ4v) is 4.40. The highest BCUT2D eigenvalue weighted by molar-refractivity contribution is 8.18. The van der Waals surface area contributed by atoms with Crippen molar-refractivity contribution in [2.24, 2.45) is 0 Å². The topological polar surface area (TPSA) is 57.7 Å². The molecule has 1 fully saturated rings. The summed E-state index contributed by atoms with van der Waals surface area (Å²) in [6.07, 6.45) is 1.99. The fourth-order valence-electron chi connectivity index (χ4n) is 3.36. The summed E-state index contributed by atoms with van der Waals surface area (Å²) in [5, 5.41) is -0.417. The van der Waals surface area contributed by atoms with Crippen LogP contribution in [0, 0.1) is 5.82 Å². The van der Waals surface area contributed by atoms with Gasteiger partial charge in [-0.1, -0.05) is 41.9 Å². The Morgan fingerprint density at radius 3 is 2.66 bits per heavy atom. The molecule has 0 radical (unpaired) electrons. The van der Waals surface area contributed by atoms with E-state index >= 15 is 0 Å². The Morgan fingerprint density at radius 1 is 1.14 bits per heavy atom. The minimum absolute atomic E-state index is 0.0404. The molecular formula is C21H16ClFN2O3S. The van der Waals surface area contributed by atoms with Crippen molar-refractivity contribution >= 4 is 46.5 Å². The molecule has 2 aliphatic rings. The summed E-state index contributed by atoms with van der Waals surface area (Å²) in [5.74, 6) is -1.51. The van der Waals surface area contributed by atoms with Gasteiger partial charge in [-0.05, 0) is 47.5 Å². The second-order valence-corrected chi connectivity index (χ2v) is 8.14. The van der Waals surface area contributed by atoms with Crippen LogP contribution < -0.4 is 0 Å². The van der Waals surface area contributed by atoms with Crippen LogP contribution in [-0.2, 0) is 22.6 Å². The number of hydrogen-bond acceptors (Lipinski definition) is 4. The molecule has 0 aromatic heterocycles. The molecule has 2 aromatic rings. The molecule has 0 unspecified atom stereocenters. The number of halogens is 2. The molecule has 29 heavy (non-hydrogen) atoms. The van der Waals surface area contributed by atoms with E-state index in [9.17, 15) is 18.8 Å². The van der Waals surface area contributed by atoms with E-state index in [2.05, 4.69) is 0 Å². The number of benzene rings is 2. The molecule has 2 aliphatic heterocycles. The van der Waals surface area contributed by atoms with E-state index in [0.29, 0.717) is 24.9 Å². The van der Waals surface area contributed by atoms with Crippen molar-refractivity contribution < 1.29 is 18.8 Å². The quantitative estimate of drug-likeness (QED) is 0.688. The Bertz CT molecular complexity index is 1040. The summed E-state index contributed by atoms with van der Waals surface area (Å²) in [4.78, 5) is 40.2. The van der Waals surface area contributed by atoms with Gasteiger partial charge >= 0.3 is 0 Å². The van der Waals surface area contributed by atoms with Crippen LogP contribution in [0.1, 0.15) is 16.7 Å². The number of fused-ring (bicyclic) bond motifs is 1. The Kier molecular flexibility index (Phi) is 5.43. The van der Waals surface area contributed by atoms with Gasteiger partial charge in [-0.3, -0.25) is 19.3 Å². The fraction of sp³-hybridized carbons (Fsp3) is 0.190. The zero-order valence-corrected chi connectivity index (χ0v) is 16.8. The van der Waals surface area contributed by atoms with E-state index in [4.69, 9.17) is 11.6 Å². The van der Waals surface area contributed by atoms with Crippen LogP contribution in [0.25, 0.3) is 6.08 Å². The van der Waals surface area contributed by atoms with Gasteiger partial charge in [0.15, 0.2) is 0 Å². The Morgan fingerprint density at radius 2 is 1.90 bits per heavy atom. The van der Waals surface area contributed by atoms with Crippen LogP contribution >= 0.6 is 23.4 Å².